The molecule has 15 nitrogen and oxygen atoms in total. The number of pyridine rings is 1. The molecule has 0 bridgehead atoms. The van der Waals surface area contributed by atoms with E-state index >= 15 is 0 Å². The van der Waals surface area contributed by atoms with Gasteiger partial charge in [0.2, 0.25) is 17.8 Å². The van der Waals surface area contributed by atoms with E-state index in [1.54, 1.807) is 41.4 Å². The molecule has 5 aromatic rings. The first-order chi connectivity index (χ1) is 26.6. The van der Waals surface area contributed by atoms with Gasteiger partial charge < -0.3 is 19.7 Å². The number of aromatic nitrogens is 6. The molecule has 2 N–H and O–H groups in total. The van der Waals surface area contributed by atoms with E-state index in [4.69, 9.17) is 9.97 Å². The maximum Gasteiger partial charge on any atom is 0.329 e. The molecule has 4 fully saturated rings. The topological polar surface area (TPSA) is 156 Å². The van der Waals surface area contributed by atoms with Crippen LogP contribution < -0.4 is 21.2 Å². The Morgan fingerprint density at radius 3 is 2.40 bits per heavy atom. The lowest BCUT2D eigenvalue weighted by atomic mass is 9.74. The fourth-order valence-electron chi connectivity index (χ4n) is 9.27. The Labute approximate surface area is 318 Å². The highest BCUT2D eigenvalue weighted by Crippen LogP contribution is 2.43. The third-order valence-corrected chi connectivity index (χ3v) is 12.3. The van der Waals surface area contributed by atoms with Crippen LogP contribution in [0.3, 0.4) is 0 Å². The Morgan fingerprint density at radius 1 is 0.909 bits per heavy atom. The maximum absolute atomic E-state index is 13.4. The number of nitrogens with zero attached hydrogens (tertiary/aromatic N) is 9. The van der Waals surface area contributed by atoms with Gasteiger partial charge in [-0.25, -0.2) is 14.8 Å². The van der Waals surface area contributed by atoms with Gasteiger partial charge in [0.25, 0.3) is 5.91 Å². The number of carbonyl (C=O) groups excluding carboxylic acids is 3. The van der Waals surface area contributed by atoms with Crippen LogP contribution in [0.25, 0.3) is 22.1 Å². The number of rotatable bonds is 8. The summed E-state index contributed by atoms with van der Waals surface area (Å²) in [5.41, 5.74) is 5.05. The van der Waals surface area contributed by atoms with Crippen molar-refractivity contribution >= 4 is 57.2 Å². The molecule has 3 amide bonds. The van der Waals surface area contributed by atoms with Crippen molar-refractivity contribution in [3.8, 4) is 0 Å². The Balaban J connectivity index is 0.828. The molecule has 4 aliphatic rings. The number of fused-ring (bicyclic) bond motifs is 2. The number of piperazine rings is 1. The number of para-hydroxylation sites is 1. The van der Waals surface area contributed by atoms with E-state index in [9.17, 15) is 19.2 Å². The average Bonchev–Trinajstić information content (AvgIpc) is 3.89. The van der Waals surface area contributed by atoms with Crippen LogP contribution in [0.2, 0.25) is 0 Å². The van der Waals surface area contributed by atoms with E-state index in [1.807, 2.05) is 30.5 Å². The van der Waals surface area contributed by atoms with Gasteiger partial charge in [-0.05, 0) is 67.9 Å². The highest BCUT2D eigenvalue weighted by Gasteiger charge is 2.38. The number of imide groups is 1. The molecule has 1 aromatic carbocycles. The van der Waals surface area contributed by atoms with Crippen molar-refractivity contribution in [1.29, 1.82) is 0 Å². The lowest BCUT2D eigenvalue weighted by Crippen LogP contribution is -2.53. The quantitative estimate of drug-likeness (QED) is 0.222. The van der Waals surface area contributed by atoms with Crippen LogP contribution in [0.1, 0.15) is 85.4 Å². The molecule has 2 saturated carbocycles. The molecule has 2 saturated heterocycles. The summed E-state index contributed by atoms with van der Waals surface area (Å²) in [5.74, 6) is 0.708. The summed E-state index contributed by atoms with van der Waals surface area (Å²) in [6.07, 6.45) is 10.6. The summed E-state index contributed by atoms with van der Waals surface area (Å²) in [4.78, 5) is 71.7. The van der Waals surface area contributed by atoms with Crippen molar-refractivity contribution in [2.24, 2.45) is 7.05 Å². The second kappa shape index (κ2) is 13.9. The molecule has 286 valence electrons. The number of piperidine rings is 1. The number of imidazole rings is 1. The number of nitrogens with one attached hydrogen (secondary N) is 2. The van der Waals surface area contributed by atoms with Crippen molar-refractivity contribution < 1.29 is 14.4 Å². The Kier molecular flexibility index (Phi) is 8.90. The van der Waals surface area contributed by atoms with Gasteiger partial charge in [0.15, 0.2) is 0 Å². The summed E-state index contributed by atoms with van der Waals surface area (Å²) >= 11 is 0. The molecule has 2 aliphatic heterocycles. The molecule has 9 rings (SSSR count). The van der Waals surface area contributed by atoms with Gasteiger partial charge in [-0.15, -0.1) is 0 Å². The highest BCUT2D eigenvalue weighted by molar-refractivity contribution is 6.00. The van der Waals surface area contributed by atoms with Gasteiger partial charge in [-0.3, -0.25) is 33.7 Å². The monoisotopic (exact) mass is 745 g/mol. The molecule has 55 heavy (non-hydrogen) atoms. The standard InChI is InChI=1S/C40H47N11O4/c1-46(2)38(54)32-21-25-22-42-39(45-36(25)50(32)26-7-4-5-8-26)43-33-13-11-27(23-41-33)48-15-17-49(18-16-48)28-19-24(20-28)29-9-6-10-30-35(29)47(3)40(55)51(30)31-12-14-34(52)44-37(31)53/h6,9-11,13,21-24,26,28,31H,4-5,7-8,12,14-20H2,1-3H3,(H,44,52,53)(H,41,42,43,45)/t24?,28?,31-/m1/s1. The van der Waals surface area contributed by atoms with Crippen LogP contribution in [0.15, 0.2) is 53.6 Å². The van der Waals surface area contributed by atoms with E-state index in [2.05, 4.69) is 42.1 Å². The SMILES string of the molecule is CN(C)C(=O)c1cc2cnc(Nc3ccc(N4CCN(C5CC(c6cccc7c6n(C)c(=O)n7[C@@H]6CCC(=O)NC6=O)C5)CC4)cn3)nc2n1C1CCCC1. The van der Waals surface area contributed by atoms with Crippen molar-refractivity contribution in [3.63, 3.8) is 0 Å². The molecule has 15 heteroatoms. The summed E-state index contributed by atoms with van der Waals surface area (Å²) in [6.45, 7) is 3.72. The van der Waals surface area contributed by atoms with E-state index in [1.165, 1.54) is 0 Å². The van der Waals surface area contributed by atoms with Gasteiger partial charge in [0.05, 0.1) is 22.9 Å². The van der Waals surface area contributed by atoms with Crippen molar-refractivity contribution in [2.45, 2.75) is 75.4 Å². The third kappa shape index (κ3) is 6.23. The molecule has 0 unspecified atom stereocenters. The first kappa shape index (κ1) is 35.2. The van der Waals surface area contributed by atoms with Crippen molar-refractivity contribution in [3.05, 3.63) is 70.5 Å². The zero-order valence-corrected chi connectivity index (χ0v) is 31.6. The molecule has 0 radical (unpaired) electrons. The number of benzene rings is 1. The van der Waals surface area contributed by atoms with Gasteiger partial charge in [0.1, 0.15) is 23.2 Å². The second-order valence-corrected chi connectivity index (χ2v) is 15.8. The largest absolute Gasteiger partial charge is 0.368 e. The minimum Gasteiger partial charge on any atom is -0.368 e. The predicted molar refractivity (Wildman–Crippen MR) is 209 cm³/mol. The Bertz CT molecular complexity index is 2360. The first-order valence-corrected chi connectivity index (χ1v) is 19.5. The number of hydrogen-bond donors (Lipinski definition) is 2. The normalized spacial score (nSPS) is 22.3. The minimum absolute atomic E-state index is 0.0298. The number of hydrogen-bond acceptors (Lipinski definition) is 10. The highest BCUT2D eigenvalue weighted by atomic mass is 16.2. The molecular weight excluding hydrogens is 699 g/mol. The van der Waals surface area contributed by atoms with E-state index in [-0.39, 0.29) is 30.0 Å². The number of carbonyl (C=O) groups is 3. The minimum atomic E-state index is -0.684. The van der Waals surface area contributed by atoms with Gasteiger partial charge in [-0.2, -0.15) is 4.98 Å². The molecule has 0 spiro atoms. The average molecular weight is 746 g/mol. The van der Waals surface area contributed by atoms with Crippen LogP contribution in [0.4, 0.5) is 17.5 Å². The fraction of sp³-hybridized carbons (Fsp3) is 0.475. The van der Waals surface area contributed by atoms with Gasteiger partial charge in [-0.1, -0.05) is 25.0 Å². The Morgan fingerprint density at radius 2 is 1.69 bits per heavy atom. The third-order valence-electron chi connectivity index (χ3n) is 12.3. The van der Waals surface area contributed by atoms with Gasteiger partial charge in [0, 0.05) is 77.4 Å². The van der Waals surface area contributed by atoms with Crippen LogP contribution >= 0.6 is 0 Å². The van der Waals surface area contributed by atoms with Crippen molar-refractivity contribution in [1.82, 2.24) is 43.8 Å². The summed E-state index contributed by atoms with van der Waals surface area (Å²) < 4.78 is 5.36. The number of amides is 3. The molecular formula is C40H47N11O4. The molecule has 2 aliphatic carbocycles. The lowest BCUT2D eigenvalue weighted by Gasteiger charge is -2.47. The smallest absolute Gasteiger partial charge is 0.329 e. The molecule has 4 aromatic heterocycles. The van der Waals surface area contributed by atoms with E-state index < -0.39 is 11.9 Å². The van der Waals surface area contributed by atoms with Crippen molar-refractivity contribution in [2.75, 3.05) is 50.5 Å². The van der Waals surface area contributed by atoms with Crippen LogP contribution in [-0.2, 0) is 16.6 Å². The second-order valence-electron chi connectivity index (χ2n) is 15.8. The molecule has 6 heterocycles. The number of anilines is 3. The summed E-state index contributed by atoms with van der Waals surface area (Å²) in [5, 5.41) is 6.53. The van der Waals surface area contributed by atoms with Crippen LogP contribution in [0.5, 0.6) is 0 Å². The fourth-order valence-corrected chi connectivity index (χ4v) is 9.27. The van der Waals surface area contributed by atoms with Gasteiger partial charge >= 0.3 is 5.69 Å². The zero-order valence-electron chi connectivity index (χ0n) is 31.6. The maximum atomic E-state index is 13.4. The molecule has 1 atom stereocenters. The summed E-state index contributed by atoms with van der Waals surface area (Å²) in [6, 6.07) is 12.0. The predicted octanol–water partition coefficient (Wildman–Crippen LogP) is 4.09. The van der Waals surface area contributed by atoms with E-state index in [0.717, 1.165) is 98.0 Å². The van der Waals surface area contributed by atoms with E-state index in [0.29, 0.717) is 35.8 Å². The lowest BCUT2D eigenvalue weighted by molar-refractivity contribution is -0.135. The van der Waals surface area contributed by atoms with Crippen LogP contribution in [-0.4, -0.2) is 102 Å². The number of aryl methyl sites for hydroxylation is 1. The first-order valence-electron chi connectivity index (χ1n) is 19.5. The van der Waals surface area contributed by atoms with Crippen LogP contribution in [0, 0.1) is 0 Å². The summed E-state index contributed by atoms with van der Waals surface area (Å²) in [7, 11) is 5.33. The Hall–Kier alpha value is -5.57. The zero-order chi connectivity index (χ0) is 38.0.